The molecule has 0 spiro atoms. The molecule has 0 atom stereocenters. The largest absolute Gasteiger partial charge is 0.508 e. The van der Waals surface area contributed by atoms with Crippen LogP contribution >= 0.6 is 0 Å². The smallest absolute Gasteiger partial charge is 0.186 e. The number of nitrogens with zero attached hydrogens (tertiary/aromatic N) is 1. The average Bonchev–Trinajstić information content (AvgIpc) is 2.45. The second kappa shape index (κ2) is 4.66. The van der Waals surface area contributed by atoms with Crippen molar-refractivity contribution in [2.24, 2.45) is 4.99 Å². The summed E-state index contributed by atoms with van der Waals surface area (Å²) in [6, 6.07) is 11.2. The highest BCUT2D eigenvalue weighted by Crippen LogP contribution is 2.28. The van der Waals surface area contributed by atoms with Crippen molar-refractivity contribution in [2.45, 2.75) is 0 Å². The van der Waals surface area contributed by atoms with E-state index < -0.39 is 0 Å². The second-order valence-corrected chi connectivity index (χ2v) is 4.41. The molecular formula is C16H11NO3. The Kier molecular flexibility index (Phi) is 2.84. The number of benzene rings is 2. The van der Waals surface area contributed by atoms with Gasteiger partial charge in [0, 0.05) is 5.56 Å². The Labute approximate surface area is 115 Å². The molecule has 0 amide bonds. The van der Waals surface area contributed by atoms with Gasteiger partial charge < -0.3 is 10.2 Å². The van der Waals surface area contributed by atoms with E-state index in [1.54, 1.807) is 30.3 Å². The summed E-state index contributed by atoms with van der Waals surface area (Å²) in [7, 11) is 0. The van der Waals surface area contributed by atoms with E-state index in [0.29, 0.717) is 22.5 Å². The number of hydrogen-bond acceptors (Lipinski definition) is 4. The van der Waals surface area contributed by atoms with Crippen LogP contribution < -0.4 is 0 Å². The molecule has 3 rings (SSSR count). The van der Waals surface area contributed by atoms with Gasteiger partial charge >= 0.3 is 0 Å². The average molecular weight is 265 g/mol. The molecule has 98 valence electrons. The van der Waals surface area contributed by atoms with Crippen molar-refractivity contribution in [3.63, 3.8) is 0 Å². The van der Waals surface area contributed by atoms with Crippen molar-refractivity contribution >= 4 is 17.2 Å². The van der Waals surface area contributed by atoms with Crippen molar-refractivity contribution in [1.29, 1.82) is 0 Å². The number of allylic oxidation sites excluding steroid dienone is 2. The molecule has 4 nitrogen and oxygen atoms in total. The molecule has 20 heavy (non-hydrogen) atoms. The van der Waals surface area contributed by atoms with E-state index in [2.05, 4.69) is 4.99 Å². The third-order valence-electron chi connectivity index (χ3n) is 3.06. The van der Waals surface area contributed by atoms with Gasteiger partial charge in [-0.1, -0.05) is 12.1 Å². The lowest BCUT2D eigenvalue weighted by Gasteiger charge is -2.13. The Balaban J connectivity index is 2.14. The summed E-state index contributed by atoms with van der Waals surface area (Å²) in [6.45, 7) is 0. The van der Waals surface area contributed by atoms with Crippen LogP contribution in [-0.2, 0) is 0 Å². The summed E-state index contributed by atoms with van der Waals surface area (Å²) in [4.78, 5) is 16.2. The van der Waals surface area contributed by atoms with Crippen LogP contribution in [0.1, 0.15) is 15.9 Å². The summed E-state index contributed by atoms with van der Waals surface area (Å²) >= 11 is 0. The molecular weight excluding hydrogens is 254 g/mol. The monoisotopic (exact) mass is 265 g/mol. The quantitative estimate of drug-likeness (QED) is 0.832. The Bertz CT molecular complexity index is 743. The highest BCUT2D eigenvalue weighted by Gasteiger charge is 2.20. The third kappa shape index (κ3) is 2.07. The van der Waals surface area contributed by atoms with Gasteiger partial charge in [0.1, 0.15) is 11.5 Å². The number of phenolic OH excluding ortho intramolecular Hbond substituents is 2. The van der Waals surface area contributed by atoms with E-state index in [-0.39, 0.29) is 17.3 Å². The molecule has 0 saturated heterocycles. The number of carbonyl (C=O) groups excluding carboxylic acids is 1. The molecule has 1 aliphatic carbocycles. The molecule has 0 fully saturated rings. The number of aliphatic imine (C=N–C) groups is 1. The van der Waals surface area contributed by atoms with Crippen LogP contribution in [0, 0.1) is 0 Å². The number of ketones is 1. The van der Waals surface area contributed by atoms with Gasteiger partial charge in [-0.25, -0.2) is 4.99 Å². The van der Waals surface area contributed by atoms with Gasteiger partial charge in [-0.15, -0.1) is 0 Å². The molecule has 0 saturated carbocycles. The van der Waals surface area contributed by atoms with E-state index in [0.717, 1.165) is 0 Å². The van der Waals surface area contributed by atoms with Gasteiger partial charge in [-0.3, -0.25) is 4.79 Å². The molecule has 4 heteroatoms. The van der Waals surface area contributed by atoms with Crippen molar-refractivity contribution in [3.8, 4) is 11.5 Å². The molecule has 2 aromatic carbocycles. The minimum atomic E-state index is -0.152. The fourth-order valence-corrected chi connectivity index (χ4v) is 2.10. The molecule has 0 bridgehead atoms. The lowest BCUT2D eigenvalue weighted by Crippen LogP contribution is -2.12. The summed E-state index contributed by atoms with van der Waals surface area (Å²) in [5, 5.41) is 19.2. The van der Waals surface area contributed by atoms with Crippen LogP contribution in [-0.4, -0.2) is 21.7 Å². The third-order valence-corrected chi connectivity index (χ3v) is 3.06. The van der Waals surface area contributed by atoms with Gasteiger partial charge in [0.05, 0.1) is 17.0 Å². The van der Waals surface area contributed by atoms with E-state index >= 15 is 0 Å². The Morgan fingerprint density at radius 1 is 0.900 bits per heavy atom. The molecule has 0 unspecified atom stereocenters. The molecule has 2 N–H and O–H groups in total. The van der Waals surface area contributed by atoms with Crippen LogP contribution in [0.4, 0.5) is 5.69 Å². The maximum Gasteiger partial charge on any atom is 0.186 e. The fraction of sp³-hybridized carbons (Fsp3) is 0. The Morgan fingerprint density at radius 3 is 2.40 bits per heavy atom. The molecule has 2 aromatic rings. The number of aromatic hydroxyl groups is 2. The summed E-state index contributed by atoms with van der Waals surface area (Å²) in [6.07, 6.45) is 3.01. The molecule has 0 aromatic heterocycles. The van der Waals surface area contributed by atoms with Crippen LogP contribution in [0.3, 0.4) is 0 Å². The molecule has 0 aliphatic heterocycles. The topological polar surface area (TPSA) is 69.9 Å². The first-order valence-electron chi connectivity index (χ1n) is 6.07. The summed E-state index contributed by atoms with van der Waals surface area (Å²) < 4.78 is 0. The highest BCUT2D eigenvalue weighted by molar-refractivity contribution is 6.25. The first-order valence-corrected chi connectivity index (χ1v) is 6.07. The lowest BCUT2D eigenvalue weighted by molar-refractivity contribution is 0.104. The van der Waals surface area contributed by atoms with Gasteiger partial charge in [-0.2, -0.15) is 0 Å². The minimum absolute atomic E-state index is 0.0257. The first-order chi connectivity index (χ1) is 9.65. The Hall–Kier alpha value is -2.88. The van der Waals surface area contributed by atoms with Crippen molar-refractivity contribution < 1.29 is 15.0 Å². The van der Waals surface area contributed by atoms with E-state index in [9.17, 15) is 15.0 Å². The van der Waals surface area contributed by atoms with Crippen LogP contribution in [0.15, 0.2) is 59.6 Å². The second-order valence-electron chi connectivity index (χ2n) is 4.41. The Morgan fingerprint density at radius 2 is 1.65 bits per heavy atom. The van der Waals surface area contributed by atoms with Crippen molar-refractivity contribution in [2.75, 3.05) is 0 Å². The van der Waals surface area contributed by atoms with Crippen LogP contribution in [0.5, 0.6) is 11.5 Å². The standard InChI is InChI=1S/C16H11NO3/c18-11-6-4-10(5-7-11)17-13-8-9-14(19)12-2-1-3-15(20)16(12)13/h1-9,18,20H. The molecule has 0 radical (unpaired) electrons. The first kappa shape index (κ1) is 12.2. The molecule has 1 aliphatic rings. The predicted molar refractivity (Wildman–Crippen MR) is 75.9 cm³/mol. The van der Waals surface area contributed by atoms with Crippen molar-refractivity contribution in [3.05, 3.63) is 65.7 Å². The van der Waals surface area contributed by atoms with E-state index in [4.69, 9.17) is 0 Å². The van der Waals surface area contributed by atoms with Gasteiger partial charge in [0.15, 0.2) is 5.78 Å². The number of phenols is 2. The molecule has 0 heterocycles. The number of carbonyl (C=O) groups is 1. The van der Waals surface area contributed by atoms with Gasteiger partial charge in [-0.05, 0) is 42.5 Å². The minimum Gasteiger partial charge on any atom is -0.508 e. The lowest BCUT2D eigenvalue weighted by atomic mass is 9.93. The fourth-order valence-electron chi connectivity index (χ4n) is 2.10. The number of hydrogen-bond donors (Lipinski definition) is 2. The maximum atomic E-state index is 11.8. The normalized spacial score (nSPS) is 15.4. The zero-order valence-electron chi connectivity index (χ0n) is 10.4. The zero-order valence-corrected chi connectivity index (χ0v) is 10.4. The van der Waals surface area contributed by atoms with Crippen LogP contribution in [0.2, 0.25) is 0 Å². The van der Waals surface area contributed by atoms with Gasteiger partial charge in [0.25, 0.3) is 0 Å². The number of fused-ring (bicyclic) bond motifs is 1. The number of rotatable bonds is 1. The zero-order chi connectivity index (χ0) is 14.1. The summed E-state index contributed by atoms with van der Waals surface area (Å²) in [5.74, 6) is 0.0323. The maximum absolute atomic E-state index is 11.8. The van der Waals surface area contributed by atoms with Gasteiger partial charge in [0.2, 0.25) is 0 Å². The van der Waals surface area contributed by atoms with E-state index in [1.807, 2.05) is 0 Å². The van der Waals surface area contributed by atoms with Crippen molar-refractivity contribution in [1.82, 2.24) is 0 Å². The SMILES string of the molecule is O=C1C=CC(=Nc2ccc(O)cc2)c2c(O)cccc21. The highest BCUT2D eigenvalue weighted by atomic mass is 16.3. The van der Waals surface area contributed by atoms with E-state index in [1.165, 1.54) is 24.3 Å². The summed E-state index contributed by atoms with van der Waals surface area (Å²) in [5.41, 5.74) is 2.02. The van der Waals surface area contributed by atoms with Crippen LogP contribution in [0.25, 0.3) is 0 Å². The predicted octanol–water partition coefficient (Wildman–Crippen LogP) is 2.97.